The lowest BCUT2D eigenvalue weighted by Crippen LogP contribution is -2.00. The third-order valence-corrected chi connectivity index (χ3v) is 4.61. The molecule has 0 saturated heterocycles. The highest BCUT2D eigenvalue weighted by Gasteiger charge is 2.09. The van der Waals surface area contributed by atoms with E-state index in [1.807, 2.05) is 18.2 Å². The van der Waals surface area contributed by atoms with Crippen LogP contribution >= 0.6 is 0 Å². The number of pyridine rings is 1. The Balaban J connectivity index is 1.79. The molecule has 3 aromatic carbocycles. The number of nitrogens with zero attached hydrogens (tertiary/aromatic N) is 1. The molecular formula is C24H21NO. The molecule has 0 fully saturated rings. The van der Waals surface area contributed by atoms with Gasteiger partial charge in [-0.2, -0.15) is 0 Å². The van der Waals surface area contributed by atoms with Gasteiger partial charge in [-0.15, -0.1) is 0 Å². The molecule has 0 spiro atoms. The van der Waals surface area contributed by atoms with Crippen LogP contribution in [-0.4, -0.2) is 12.1 Å². The number of hydrogen-bond donors (Lipinski definition) is 0. The van der Waals surface area contributed by atoms with E-state index in [2.05, 4.69) is 66.7 Å². The highest BCUT2D eigenvalue weighted by molar-refractivity contribution is 5.86. The zero-order valence-corrected chi connectivity index (χ0v) is 14.9. The first-order valence-electron chi connectivity index (χ1n) is 8.86. The lowest BCUT2D eigenvalue weighted by molar-refractivity contribution is 0.415. The summed E-state index contributed by atoms with van der Waals surface area (Å²) in [5.74, 6) is 0.865. The Bertz CT molecular complexity index is 1010. The Hall–Kier alpha value is -3.13. The number of ether oxygens (including phenoxy) is 1. The second-order valence-corrected chi connectivity index (χ2v) is 6.47. The van der Waals surface area contributed by atoms with Gasteiger partial charge >= 0.3 is 0 Å². The van der Waals surface area contributed by atoms with Gasteiger partial charge in [-0.1, -0.05) is 66.7 Å². The van der Waals surface area contributed by atoms with Crippen molar-refractivity contribution in [1.82, 2.24) is 4.98 Å². The SMILES string of the molecule is COc1ccc2cc(Cc3ccccc3)nc(Cc3ccccc3)c2c1. The molecule has 26 heavy (non-hydrogen) atoms. The largest absolute Gasteiger partial charge is 0.497 e. The normalized spacial score (nSPS) is 10.8. The smallest absolute Gasteiger partial charge is 0.119 e. The number of hydrogen-bond acceptors (Lipinski definition) is 2. The van der Waals surface area contributed by atoms with Crippen molar-refractivity contribution >= 4 is 10.8 Å². The summed E-state index contributed by atoms with van der Waals surface area (Å²) >= 11 is 0. The van der Waals surface area contributed by atoms with E-state index in [4.69, 9.17) is 9.72 Å². The fourth-order valence-corrected chi connectivity index (χ4v) is 3.30. The van der Waals surface area contributed by atoms with Crippen LogP contribution < -0.4 is 4.74 Å². The highest BCUT2D eigenvalue weighted by atomic mass is 16.5. The number of aromatic nitrogens is 1. The second kappa shape index (κ2) is 7.40. The molecule has 0 aliphatic heterocycles. The maximum absolute atomic E-state index is 5.43. The zero-order chi connectivity index (χ0) is 17.8. The number of methoxy groups -OCH3 is 1. The van der Waals surface area contributed by atoms with Crippen molar-refractivity contribution in [3.63, 3.8) is 0 Å². The van der Waals surface area contributed by atoms with Crippen LogP contribution in [0, 0.1) is 0 Å². The topological polar surface area (TPSA) is 22.1 Å². The Labute approximate surface area is 154 Å². The van der Waals surface area contributed by atoms with Crippen LogP contribution in [0.3, 0.4) is 0 Å². The lowest BCUT2D eigenvalue weighted by atomic mass is 10.0. The van der Waals surface area contributed by atoms with Crippen LogP contribution in [0.15, 0.2) is 84.9 Å². The molecule has 128 valence electrons. The van der Waals surface area contributed by atoms with Gasteiger partial charge in [-0.3, -0.25) is 4.98 Å². The van der Waals surface area contributed by atoms with Crippen molar-refractivity contribution in [3.05, 3.63) is 107 Å². The molecule has 0 unspecified atom stereocenters. The fraction of sp³-hybridized carbons (Fsp3) is 0.125. The summed E-state index contributed by atoms with van der Waals surface area (Å²) in [5.41, 5.74) is 4.73. The zero-order valence-electron chi connectivity index (χ0n) is 14.9. The molecule has 0 radical (unpaired) electrons. The summed E-state index contributed by atoms with van der Waals surface area (Å²) in [4.78, 5) is 5.01. The second-order valence-electron chi connectivity index (χ2n) is 6.47. The van der Waals surface area contributed by atoms with Gasteiger partial charge in [0.1, 0.15) is 5.75 Å². The molecule has 0 bridgehead atoms. The highest BCUT2D eigenvalue weighted by Crippen LogP contribution is 2.26. The molecule has 0 saturated carbocycles. The van der Waals surface area contributed by atoms with Crippen molar-refractivity contribution in [2.24, 2.45) is 0 Å². The number of fused-ring (bicyclic) bond motifs is 1. The van der Waals surface area contributed by atoms with Crippen molar-refractivity contribution in [3.8, 4) is 5.75 Å². The van der Waals surface area contributed by atoms with E-state index in [1.54, 1.807) is 7.11 Å². The standard InChI is InChI=1S/C24H21NO/c1-26-22-13-12-20-16-21(14-18-8-4-2-5-9-18)25-24(23(20)17-22)15-19-10-6-3-7-11-19/h2-13,16-17H,14-15H2,1H3. The van der Waals surface area contributed by atoms with E-state index in [1.165, 1.54) is 16.5 Å². The van der Waals surface area contributed by atoms with E-state index in [0.29, 0.717) is 0 Å². The van der Waals surface area contributed by atoms with Gasteiger partial charge in [0.2, 0.25) is 0 Å². The lowest BCUT2D eigenvalue weighted by Gasteiger charge is -2.11. The van der Waals surface area contributed by atoms with Crippen molar-refractivity contribution < 1.29 is 4.74 Å². The summed E-state index contributed by atoms with van der Waals surface area (Å²) < 4.78 is 5.43. The predicted octanol–water partition coefficient (Wildman–Crippen LogP) is 5.43. The molecule has 0 aliphatic carbocycles. The molecule has 1 heterocycles. The molecule has 0 aliphatic rings. The quantitative estimate of drug-likeness (QED) is 0.484. The molecule has 0 amide bonds. The molecule has 2 heteroatoms. The van der Waals surface area contributed by atoms with Crippen LogP contribution in [0.25, 0.3) is 10.8 Å². The summed E-state index contributed by atoms with van der Waals surface area (Å²) in [6.07, 6.45) is 1.65. The summed E-state index contributed by atoms with van der Waals surface area (Å²) in [7, 11) is 1.70. The van der Waals surface area contributed by atoms with Crippen LogP contribution in [0.2, 0.25) is 0 Å². The van der Waals surface area contributed by atoms with E-state index in [9.17, 15) is 0 Å². The average Bonchev–Trinajstić information content (AvgIpc) is 2.69. The van der Waals surface area contributed by atoms with Gasteiger partial charge in [0, 0.05) is 23.9 Å². The molecule has 2 nitrogen and oxygen atoms in total. The third kappa shape index (κ3) is 3.60. The van der Waals surface area contributed by atoms with E-state index >= 15 is 0 Å². The van der Waals surface area contributed by atoms with Crippen molar-refractivity contribution in [2.45, 2.75) is 12.8 Å². The molecule has 4 aromatic rings. The molecular weight excluding hydrogens is 318 g/mol. The third-order valence-electron chi connectivity index (χ3n) is 4.61. The predicted molar refractivity (Wildman–Crippen MR) is 107 cm³/mol. The molecule has 1 aromatic heterocycles. The minimum atomic E-state index is 0.813. The molecule has 0 N–H and O–H groups in total. The van der Waals surface area contributed by atoms with Crippen molar-refractivity contribution in [1.29, 1.82) is 0 Å². The minimum absolute atomic E-state index is 0.813. The Morgan fingerprint density at radius 2 is 1.38 bits per heavy atom. The first-order valence-corrected chi connectivity index (χ1v) is 8.86. The number of benzene rings is 3. The number of rotatable bonds is 5. The van der Waals surface area contributed by atoms with Gasteiger partial charge in [-0.25, -0.2) is 0 Å². The van der Waals surface area contributed by atoms with Crippen LogP contribution in [0.4, 0.5) is 0 Å². The fourth-order valence-electron chi connectivity index (χ4n) is 3.30. The Morgan fingerprint density at radius 3 is 2.04 bits per heavy atom. The molecule has 0 atom stereocenters. The average molecular weight is 339 g/mol. The summed E-state index contributed by atoms with van der Waals surface area (Å²) in [6, 6.07) is 29.4. The van der Waals surface area contributed by atoms with Crippen LogP contribution in [0.1, 0.15) is 22.5 Å². The van der Waals surface area contributed by atoms with Gasteiger partial charge in [-0.05, 0) is 34.7 Å². The Morgan fingerprint density at radius 1 is 0.731 bits per heavy atom. The maximum atomic E-state index is 5.43. The van der Waals surface area contributed by atoms with E-state index < -0.39 is 0 Å². The van der Waals surface area contributed by atoms with Gasteiger partial charge in [0.15, 0.2) is 0 Å². The van der Waals surface area contributed by atoms with E-state index in [0.717, 1.165) is 35.4 Å². The van der Waals surface area contributed by atoms with Crippen molar-refractivity contribution in [2.75, 3.05) is 7.11 Å². The monoisotopic (exact) mass is 339 g/mol. The molecule has 4 rings (SSSR count). The van der Waals surface area contributed by atoms with Crippen LogP contribution in [-0.2, 0) is 12.8 Å². The summed E-state index contributed by atoms with van der Waals surface area (Å²) in [6.45, 7) is 0. The Kier molecular flexibility index (Phi) is 4.65. The van der Waals surface area contributed by atoms with Gasteiger partial charge in [0.05, 0.1) is 12.8 Å². The maximum Gasteiger partial charge on any atom is 0.119 e. The first-order chi connectivity index (χ1) is 12.8. The van der Waals surface area contributed by atoms with E-state index in [-0.39, 0.29) is 0 Å². The summed E-state index contributed by atoms with van der Waals surface area (Å²) in [5, 5.41) is 2.36. The first kappa shape index (κ1) is 16.3. The van der Waals surface area contributed by atoms with Gasteiger partial charge in [0.25, 0.3) is 0 Å². The van der Waals surface area contributed by atoms with Gasteiger partial charge < -0.3 is 4.74 Å². The minimum Gasteiger partial charge on any atom is -0.497 e. The van der Waals surface area contributed by atoms with Crippen LogP contribution in [0.5, 0.6) is 5.75 Å².